The van der Waals surface area contributed by atoms with Crippen molar-refractivity contribution >= 4 is 27.7 Å². The lowest BCUT2D eigenvalue weighted by Gasteiger charge is -2.16. The van der Waals surface area contributed by atoms with Crippen molar-refractivity contribution in [3.8, 4) is 0 Å². The number of alkyl halides is 1. The van der Waals surface area contributed by atoms with E-state index in [1.165, 1.54) is 29.1 Å². The van der Waals surface area contributed by atoms with Crippen LogP contribution >= 0.6 is 27.7 Å². The number of hydrogen-bond acceptors (Lipinski definition) is 2. The average molecular weight is 286 g/mol. The minimum absolute atomic E-state index is 0.883. The second-order valence-electron chi connectivity index (χ2n) is 3.78. The van der Waals surface area contributed by atoms with Gasteiger partial charge in [-0.2, -0.15) is 0 Å². The maximum absolute atomic E-state index is 3.37. The van der Waals surface area contributed by atoms with Crippen LogP contribution in [0.1, 0.15) is 17.5 Å². The Hall–Kier alpha value is 0.01000. The largest absolute Gasteiger partial charge is 0.307 e. The topological polar surface area (TPSA) is 12.0 Å². The molecule has 1 aromatic rings. The number of benzene rings is 1. The van der Waals surface area contributed by atoms with E-state index in [0.29, 0.717) is 0 Å². The molecule has 0 bridgehead atoms. The number of halogens is 1. The van der Waals surface area contributed by atoms with Crippen molar-refractivity contribution in [2.24, 2.45) is 0 Å². The van der Waals surface area contributed by atoms with Crippen molar-refractivity contribution in [2.45, 2.75) is 24.2 Å². The molecule has 2 rings (SSSR count). The Morgan fingerprint density at radius 1 is 1.40 bits per heavy atom. The zero-order valence-electron chi connectivity index (χ0n) is 8.76. The van der Waals surface area contributed by atoms with Crippen LogP contribution in [0.3, 0.4) is 0 Å². The summed E-state index contributed by atoms with van der Waals surface area (Å²) in [6.45, 7) is 1.05. The van der Waals surface area contributed by atoms with E-state index in [0.717, 1.165) is 18.4 Å². The number of rotatable bonds is 4. The van der Waals surface area contributed by atoms with E-state index in [-0.39, 0.29) is 0 Å². The highest BCUT2D eigenvalue weighted by molar-refractivity contribution is 9.09. The third kappa shape index (κ3) is 3.23. The van der Waals surface area contributed by atoms with Gasteiger partial charge < -0.3 is 5.32 Å². The molecule has 0 unspecified atom stereocenters. The summed E-state index contributed by atoms with van der Waals surface area (Å²) in [7, 11) is 0. The summed E-state index contributed by atoms with van der Waals surface area (Å²) in [5.74, 6) is 1.29. The quantitative estimate of drug-likeness (QED) is 0.518. The first-order chi connectivity index (χ1) is 7.40. The first-order valence-corrected chi connectivity index (χ1v) is 7.52. The van der Waals surface area contributed by atoms with Gasteiger partial charge in [0.2, 0.25) is 0 Å². The summed E-state index contributed by atoms with van der Waals surface area (Å²) >= 11 is 5.37. The van der Waals surface area contributed by atoms with Gasteiger partial charge in [-0.3, -0.25) is 0 Å². The number of aryl methyl sites for hydroxylation is 1. The summed E-state index contributed by atoms with van der Waals surface area (Å²) in [4.78, 5) is 1.50. The van der Waals surface area contributed by atoms with Crippen LogP contribution in [0.5, 0.6) is 0 Å². The molecule has 1 N–H and O–H groups in total. The van der Waals surface area contributed by atoms with Crippen LogP contribution in [0.15, 0.2) is 23.1 Å². The fourth-order valence-electron chi connectivity index (χ4n) is 1.87. The highest BCUT2D eigenvalue weighted by atomic mass is 79.9. The molecule has 1 heterocycles. The second kappa shape index (κ2) is 5.92. The van der Waals surface area contributed by atoms with Gasteiger partial charge in [0, 0.05) is 4.90 Å². The van der Waals surface area contributed by atoms with E-state index >= 15 is 0 Å². The van der Waals surface area contributed by atoms with Gasteiger partial charge in [0.25, 0.3) is 0 Å². The standard InChI is InChI=1S/C12H16BrNS/c13-9-14-6-5-10-3-4-12-11(8-10)2-1-7-15-12/h3-4,8,14H,1-2,5-7,9H2. The van der Waals surface area contributed by atoms with Gasteiger partial charge in [0.1, 0.15) is 0 Å². The Morgan fingerprint density at radius 2 is 2.33 bits per heavy atom. The summed E-state index contributed by atoms with van der Waals surface area (Å²) < 4.78 is 0. The third-order valence-corrected chi connectivity index (χ3v) is 4.26. The molecule has 1 aliphatic rings. The van der Waals surface area contributed by atoms with Gasteiger partial charge in [-0.05, 0) is 48.8 Å². The zero-order chi connectivity index (χ0) is 10.5. The fourth-order valence-corrected chi connectivity index (χ4v) is 3.17. The van der Waals surface area contributed by atoms with E-state index in [1.54, 1.807) is 5.56 Å². The van der Waals surface area contributed by atoms with Crippen molar-refractivity contribution in [3.63, 3.8) is 0 Å². The molecule has 3 heteroatoms. The summed E-state index contributed by atoms with van der Waals surface area (Å²) in [6.07, 6.45) is 3.73. The maximum atomic E-state index is 3.37. The van der Waals surface area contributed by atoms with Crippen molar-refractivity contribution in [1.29, 1.82) is 0 Å². The molecule has 0 atom stereocenters. The lowest BCUT2D eigenvalue weighted by molar-refractivity contribution is 0.775. The van der Waals surface area contributed by atoms with Crippen molar-refractivity contribution in [3.05, 3.63) is 29.3 Å². The molecule has 1 aromatic carbocycles. The molecule has 0 aliphatic carbocycles. The average Bonchev–Trinajstić information content (AvgIpc) is 2.29. The summed E-state index contributed by atoms with van der Waals surface area (Å²) in [5, 5.41) is 3.29. The highest BCUT2D eigenvalue weighted by Gasteiger charge is 2.09. The van der Waals surface area contributed by atoms with Gasteiger partial charge in [-0.15, -0.1) is 11.8 Å². The summed E-state index contributed by atoms with van der Waals surface area (Å²) in [5.41, 5.74) is 3.90. The molecule has 0 saturated heterocycles. The SMILES string of the molecule is BrCNCCc1ccc2c(c1)CCCS2. The predicted molar refractivity (Wildman–Crippen MR) is 71.0 cm³/mol. The normalized spacial score (nSPS) is 15.0. The Balaban J connectivity index is 2.00. The van der Waals surface area contributed by atoms with Gasteiger partial charge in [0.15, 0.2) is 0 Å². The number of nitrogens with one attached hydrogen (secondary N) is 1. The molecular weight excluding hydrogens is 270 g/mol. The van der Waals surface area contributed by atoms with Gasteiger partial charge in [-0.25, -0.2) is 0 Å². The molecule has 0 saturated carbocycles. The van der Waals surface area contributed by atoms with E-state index in [9.17, 15) is 0 Å². The van der Waals surface area contributed by atoms with Crippen LogP contribution in [0.2, 0.25) is 0 Å². The smallest absolute Gasteiger partial charge is 0.0517 e. The van der Waals surface area contributed by atoms with Crippen LogP contribution in [0.25, 0.3) is 0 Å². The lowest BCUT2D eigenvalue weighted by Crippen LogP contribution is -2.14. The Kier molecular flexibility index (Phi) is 4.54. The number of fused-ring (bicyclic) bond motifs is 1. The minimum Gasteiger partial charge on any atom is -0.307 e. The first kappa shape index (κ1) is 11.5. The van der Waals surface area contributed by atoms with Crippen molar-refractivity contribution < 1.29 is 0 Å². The third-order valence-electron chi connectivity index (χ3n) is 2.66. The van der Waals surface area contributed by atoms with E-state index in [1.807, 2.05) is 11.8 Å². The summed E-state index contributed by atoms with van der Waals surface area (Å²) in [6, 6.07) is 6.95. The molecular formula is C12H16BrNS. The molecule has 1 nitrogen and oxygen atoms in total. The van der Waals surface area contributed by atoms with E-state index in [4.69, 9.17) is 0 Å². The maximum Gasteiger partial charge on any atom is 0.0517 e. The van der Waals surface area contributed by atoms with Gasteiger partial charge in [-0.1, -0.05) is 28.1 Å². The molecule has 0 spiro atoms. The van der Waals surface area contributed by atoms with E-state index in [2.05, 4.69) is 39.4 Å². The monoisotopic (exact) mass is 285 g/mol. The highest BCUT2D eigenvalue weighted by Crippen LogP contribution is 2.30. The molecule has 15 heavy (non-hydrogen) atoms. The Morgan fingerprint density at radius 3 is 3.20 bits per heavy atom. The lowest BCUT2D eigenvalue weighted by atomic mass is 10.0. The molecule has 0 radical (unpaired) electrons. The first-order valence-electron chi connectivity index (χ1n) is 5.41. The van der Waals surface area contributed by atoms with Crippen LogP contribution in [0, 0.1) is 0 Å². The van der Waals surface area contributed by atoms with Crippen LogP contribution in [0.4, 0.5) is 0 Å². The molecule has 1 aliphatic heterocycles. The molecule has 82 valence electrons. The van der Waals surface area contributed by atoms with Crippen molar-refractivity contribution in [1.82, 2.24) is 5.32 Å². The van der Waals surface area contributed by atoms with E-state index < -0.39 is 0 Å². The Bertz CT molecular complexity index is 327. The van der Waals surface area contributed by atoms with Gasteiger partial charge in [0.05, 0.1) is 5.45 Å². The second-order valence-corrected chi connectivity index (χ2v) is 5.48. The zero-order valence-corrected chi connectivity index (χ0v) is 11.2. The predicted octanol–water partition coefficient (Wildman–Crippen LogP) is 3.21. The van der Waals surface area contributed by atoms with Crippen LogP contribution in [-0.2, 0) is 12.8 Å². The fraction of sp³-hybridized carbons (Fsp3) is 0.500. The van der Waals surface area contributed by atoms with Crippen molar-refractivity contribution in [2.75, 3.05) is 17.8 Å². The molecule has 0 fully saturated rings. The number of thioether (sulfide) groups is 1. The minimum atomic E-state index is 0.883. The number of hydrogen-bond donors (Lipinski definition) is 1. The van der Waals surface area contributed by atoms with Gasteiger partial charge >= 0.3 is 0 Å². The molecule has 0 amide bonds. The Labute approximate surface area is 104 Å². The van der Waals surface area contributed by atoms with Crippen LogP contribution in [-0.4, -0.2) is 17.8 Å². The van der Waals surface area contributed by atoms with Crippen LogP contribution < -0.4 is 5.32 Å². The molecule has 0 aromatic heterocycles.